The number of carbonyl (C=O) groups is 1. The molecule has 152 valence electrons. The number of halogens is 5. The monoisotopic (exact) mass is 421 g/mol. The third-order valence-electron chi connectivity index (χ3n) is 3.80. The topological polar surface area (TPSA) is 73.2 Å². The summed E-state index contributed by atoms with van der Waals surface area (Å²) in [6.45, 7) is 4.22. The first-order valence-corrected chi connectivity index (χ1v) is 8.43. The van der Waals surface area contributed by atoms with Crippen LogP contribution in [-0.4, -0.2) is 28.4 Å². The van der Waals surface area contributed by atoms with Gasteiger partial charge < -0.3 is 10.1 Å². The second-order valence-electron chi connectivity index (χ2n) is 5.80. The van der Waals surface area contributed by atoms with Gasteiger partial charge in [-0.2, -0.15) is 23.0 Å². The summed E-state index contributed by atoms with van der Waals surface area (Å²) < 4.78 is 58.4. The first-order chi connectivity index (χ1) is 13.0. The van der Waals surface area contributed by atoms with Crippen molar-refractivity contribution in [3.63, 3.8) is 0 Å². The van der Waals surface area contributed by atoms with Crippen LogP contribution < -0.4 is 10.9 Å². The Labute approximate surface area is 162 Å². The number of alkyl halides is 3. The number of benzene rings is 1. The van der Waals surface area contributed by atoms with Crippen LogP contribution in [0.25, 0.3) is 5.69 Å². The van der Waals surface area contributed by atoms with Crippen molar-refractivity contribution in [3.05, 3.63) is 50.7 Å². The lowest BCUT2D eigenvalue weighted by Gasteiger charge is -2.17. The average Bonchev–Trinajstić information content (AvgIpc) is 2.59. The average molecular weight is 422 g/mol. The van der Waals surface area contributed by atoms with Crippen LogP contribution in [0.2, 0.25) is 5.02 Å². The van der Waals surface area contributed by atoms with Gasteiger partial charge in [0.25, 0.3) is 5.56 Å². The fourth-order valence-electron chi connectivity index (χ4n) is 2.37. The molecule has 11 heteroatoms. The van der Waals surface area contributed by atoms with Crippen molar-refractivity contribution in [1.29, 1.82) is 0 Å². The van der Waals surface area contributed by atoms with Gasteiger partial charge in [0.05, 0.1) is 29.1 Å². The molecule has 0 saturated heterocycles. The summed E-state index contributed by atoms with van der Waals surface area (Å²) in [5.74, 6) is -1.57. The normalized spacial score (nSPS) is 12.6. The van der Waals surface area contributed by atoms with Gasteiger partial charge in [-0.1, -0.05) is 11.6 Å². The molecule has 6 nitrogen and oxygen atoms in total. The van der Waals surface area contributed by atoms with E-state index in [0.29, 0.717) is 10.9 Å². The molecule has 2 aromatic rings. The molecule has 1 aromatic heterocycles. The molecule has 0 spiro atoms. The highest BCUT2D eigenvalue weighted by Gasteiger charge is 2.34. The van der Waals surface area contributed by atoms with Crippen molar-refractivity contribution in [2.45, 2.75) is 33.0 Å². The fraction of sp³-hybridized carbons (Fsp3) is 0.353. The minimum Gasteiger partial charge on any atom is -0.464 e. The van der Waals surface area contributed by atoms with E-state index < -0.39 is 46.4 Å². The van der Waals surface area contributed by atoms with Crippen molar-refractivity contribution in [2.75, 3.05) is 11.9 Å². The molecule has 0 bridgehead atoms. The molecule has 1 heterocycles. The van der Waals surface area contributed by atoms with Crippen molar-refractivity contribution in [1.82, 2.24) is 9.78 Å². The van der Waals surface area contributed by atoms with Crippen molar-refractivity contribution in [2.24, 2.45) is 0 Å². The highest BCUT2D eigenvalue weighted by Crippen LogP contribution is 2.31. The lowest BCUT2D eigenvalue weighted by atomic mass is 10.1. The summed E-state index contributed by atoms with van der Waals surface area (Å²) in [7, 11) is 0. The van der Waals surface area contributed by atoms with E-state index in [9.17, 15) is 27.2 Å². The first-order valence-electron chi connectivity index (χ1n) is 8.06. The molecular weight excluding hydrogens is 406 g/mol. The van der Waals surface area contributed by atoms with Gasteiger partial charge >= 0.3 is 12.1 Å². The third kappa shape index (κ3) is 4.44. The molecule has 0 radical (unpaired) electrons. The van der Waals surface area contributed by atoms with Gasteiger partial charge in [-0.3, -0.25) is 4.79 Å². The molecule has 0 amide bonds. The molecule has 0 aliphatic rings. The third-order valence-corrected chi connectivity index (χ3v) is 4.11. The zero-order valence-electron chi connectivity index (χ0n) is 15.0. The number of hydrogen-bond donors (Lipinski definition) is 1. The zero-order chi connectivity index (χ0) is 21.2. The quantitative estimate of drug-likeness (QED) is 0.588. The summed E-state index contributed by atoms with van der Waals surface area (Å²) in [4.78, 5) is 24.0. The van der Waals surface area contributed by atoms with Gasteiger partial charge in [-0.15, -0.1) is 0 Å². The Hall–Kier alpha value is -2.62. The molecule has 1 aromatic carbocycles. The van der Waals surface area contributed by atoms with Crippen LogP contribution in [0.5, 0.6) is 0 Å². The van der Waals surface area contributed by atoms with Crippen LogP contribution in [0.3, 0.4) is 0 Å². The molecule has 0 saturated carbocycles. The Morgan fingerprint density at radius 2 is 2.04 bits per heavy atom. The SMILES string of the molecule is CCOC(=O)C(C)Nc1cc(-n2ncc(C(F)(F)F)c(C)c2=O)c(F)cc1Cl. The van der Waals surface area contributed by atoms with Gasteiger partial charge in [0.1, 0.15) is 11.7 Å². The lowest BCUT2D eigenvalue weighted by molar-refractivity contribution is -0.143. The molecule has 28 heavy (non-hydrogen) atoms. The van der Waals surface area contributed by atoms with Crippen LogP contribution in [0, 0.1) is 12.7 Å². The number of esters is 1. The molecule has 1 N–H and O–H groups in total. The van der Waals surface area contributed by atoms with E-state index in [-0.39, 0.29) is 17.3 Å². The van der Waals surface area contributed by atoms with Crippen LogP contribution in [-0.2, 0) is 15.7 Å². The van der Waals surface area contributed by atoms with E-state index in [0.717, 1.165) is 19.1 Å². The maximum Gasteiger partial charge on any atom is 0.418 e. The molecular formula is C17H16ClF4N3O3. The van der Waals surface area contributed by atoms with E-state index in [1.165, 1.54) is 6.92 Å². The molecule has 1 unspecified atom stereocenters. The highest BCUT2D eigenvalue weighted by molar-refractivity contribution is 6.33. The number of ether oxygens (including phenoxy) is 1. The van der Waals surface area contributed by atoms with Crippen LogP contribution in [0.1, 0.15) is 25.0 Å². The van der Waals surface area contributed by atoms with Crippen molar-refractivity contribution in [3.8, 4) is 5.69 Å². The Kier molecular flexibility index (Phi) is 6.33. The van der Waals surface area contributed by atoms with E-state index in [4.69, 9.17) is 16.3 Å². The summed E-state index contributed by atoms with van der Waals surface area (Å²) in [5, 5.41) is 6.04. The summed E-state index contributed by atoms with van der Waals surface area (Å²) in [6, 6.07) is 1.09. The second kappa shape index (κ2) is 8.17. The van der Waals surface area contributed by atoms with Gasteiger partial charge in [0.15, 0.2) is 5.82 Å². The minimum atomic E-state index is -4.77. The van der Waals surface area contributed by atoms with E-state index >= 15 is 0 Å². The summed E-state index contributed by atoms with van der Waals surface area (Å²) in [5.41, 5.74) is -3.33. The van der Waals surface area contributed by atoms with E-state index in [1.807, 2.05) is 0 Å². The number of carbonyl (C=O) groups excluding carboxylic acids is 1. The Morgan fingerprint density at radius 1 is 1.39 bits per heavy atom. The fourth-order valence-corrected chi connectivity index (χ4v) is 2.57. The largest absolute Gasteiger partial charge is 0.464 e. The number of rotatable bonds is 5. The number of nitrogens with zero attached hydrogens (tertiary/aromatic N) is 2. The number of hydrogen-bond acceptors (Lipinski definition) is 5. The molecule has 0 aliphatic carbocycles. The predicted molar refractivity (Wildman–Crippen MR) is 94.3 cm³/mol. The van der Waals surface area contributed by atoms with E-state index in [2.05, 4.69) is 10.4 Å². The molecule has 2 rings (SSSR count). The van der Waals surface area contributed by atoms with Crippen LogP contribution in [0.4, 0.5) is 23.2 Å². The standard InChI is InChI=1S/C17H16ClF4N3O3/c1-4-28-16(27)9(3)24-13-6-14(12(19)5-11(13)18)25-15(26)8(2)10(7-23-25)17(20,21)22/h5-7,9,24H,4H2,1-3H3. The second-order valence-corrected chi connectivity index (χ2v) is 6.21. The van der Waals surface area contributed by atoms with Crippen LogP contribution in [0.15, 0.2) is 23.1 Å². The lowest BCUT2D eigenvalue weighted by Crippen LogP contribution is -2.29. The summed E-state index contributed by atoms with van der Waals surface area (Å²) >= 11 is 5.96. The Balaban J connectivity index is 2.52. The highest BCUT2D eigenvalue weighted by atomic mass is 35.5. The van der Waals surface area contributed by atoms with Crippen molar-refractivity contribution < 1.29 is 27.1 Å². The minimum absolute atomic E-state index is 0.0740. The molecule has 0 fully saturated rings. The summed E-state index contributed by atoms with van der Waals surface area (Å²) in [6.07, 6.45) is -4.32. The van der Waals surface area contributed by atoms with Gasteiger partial charge in [-0.25, -0.2) is 9.18 Å². The number of anilines is 1. The van der Waals surface area contributed by atoms with Crippen LogP contribution >= 0.6 is 11.6 Å². The Bertz CT molecular complexity index is 960. The Morgan fingerprint density at radius 3 is 2.61 bits per heavy atom. The van der Waals surface area contributed by atoms with Crippen molar-refractivity contribution >= 4 is 23.3 Å². The molecule has 1 atom stereocenters. The molecule has 0 aliphatic heterocycles. The smallest absolute Gasteiger partial charge is 0.418 e. The van der Waals surface area contributed by atoms with Gasteiger partial charge in [-0.05, 0) is 32.9 Å². The maximum atomic E-state index is 14.4. The first kappa shape index (κ1) is 21.7. The zero-order valence-corrected chi connectivity index (χ0v) is 15.8. The number of nitrogens with one attached hydrogen (secondary N) is 1. The van der Waals surface area contributed by atoms with Gasteiger partial charge in [0, 0.05) is 5.56 Å². The van der Waals surface area contributed by atoms with E-state index in [1.54, 1.807) is 6.92 Å². The van der Waals surface area contributed by atoms with Gasteiger partial charge in [0.2, 0.25) is 0 Å². The predicted octanol–water partition coefficient (Wildman–Crippen LogP) is 3.72. The number of aromatic nitrogens is 2. The maximum absolute atomic E-state index is 14.4.